The summed E-state index contributed by atoms with van der Waals surface area (Å²) in [5.41, 5.74) is 2.75. The Hall–Kier alpha value is -2.04. The lowest BCUT2D eigenvalue weighted by Crippen LogP contribution is -2.46. The zero-order valence-corrected chi connectivity index (χ0v) is 11.8. The first-order valence-electron chi connectivity index (χ1n) is 6.35. The average Bonchev–Trinajstić information content (AvgIpc) is 2.63. The molecule has 5 heteroatoms. The van der Waals surface area contributed by atoms with Crippen LogP contribution in [0.1, 0.15) is 32.2 Å². The van der Waals surface area contributed by atoms with Crippen molar-refractivity contribution in [3.05, 3.63) is 29.6 Å². The molecule has 0 saturated heterocycles. The number of benzene rings is 1. The third kappa shape index (κ3) is 3.71. The van der Waals surface area contributed by atoms with Gasteiger partial charge in [-0.15, -0.1) is 0 Å². The Morgan fingerprint density at radius 3 is 2.79 bits per heavy atom. The first kappa shape index (κ1) is 13.4. The molecule has 2 aromatic rings. The van der Waals surface area contributed by atoms with Crippen LogP contribution < -0.4 is 10.6 Å². The smallest absolute Gasteiger partial charge is 0.315 e. The van der Waals surface area contributed by atoms with Crippen molar-refractivity contribution in [2.45, 2.75) is 39.8 Å². The van der Waals surface area contributed by atoms with E-state index in [2.05, 4.69) is 20.6 Å². The Kier molecular flexibility index (Phi) is 3.46. The second kappa shape index (κ2) is 4.91. The molecular formula is C14H20N4O. The maximum atomic E-state index is 11.7. The van der Waals surface area contributed by atoms with Gasteiger partial charge in [0.05, 0.1) is 11.0 Å². The van der Waals surface area contributed by atoms with Gasteiger partial charge < -0.3 is 15.6 Å². The van der Waals surface area contributed by atoms with E-state index in [-0.39, 0.29) is 11.6 Å². The van der Waals surface area contributed by atoms with Gasteiger partial charge in [-0.2, -0.15) is 0 Å². The van der Waals surface area contributed by atoms with Crippen molar-refractivity contribution in [3.8, 4) is 0 Å². The molecule has 2 amide bonds. The SMILES string of the molecule is Cc1nc2ccc(CNC(=O)NC(C)(C)C)cc2[nH]1. The highest BCUT2D eigenvalue weighted by molar-refractivity contribution is 5.77. The standard InChI is InChI=1S/C14H20N4O/c1-9-16-11-6-5-10(7-12(11)17-9)8-15-13(19)18-14(2,3)4/h5-7H,8H2,1-4H3,(H,16,17)(H2,15,18,19). The van der Waals surface area contributed by atoms with Gasteiger partial charge in [0, 0.05) is 12.1 Å². The van der Waals surface area contributed by atoms with E-state index < -0.39 is 0 Å². The van der Waals surface area contributed by atoms with Crippen molar-refractivity contribution in [2.24, 2.45) is 0 Å². The molecule has 5 nitrogen and oxygen atoms in total. The Morgan fingerprint density at radius 2 is 2.11 bits per heavy atom. The molecule has 3 N–H and O–H groups in total. The molecule has 0 radical (unpaired) electrons. The fourth-order valence-corrected chi connectivity index (χ4v) is 1.86. The molecule has 0 atom stereocenters. The topological polar surface area (TPSA) is 69.8 Å². The number of hydrogen-bond donors (Lipinski definition) is 3. The van der Waals surface area contributed by atoms with Gasteiger partial charge >= 0.3 is 6.03 Å². The van der Waals surface area contributed by atoms with Gasteiger partial charge in [-0.3, -0.25) is 0 Å². The molecule has 2 rings (SSSR count). The quantitative estimate of drug-likeness (QED) is 0.776. The highest BCUT2D eigenvalue weighted by atomic mass is 16.2. The van der Waals surface area contributed by atoms with Crippen LogP contribution in [0.4, 0.5) is 4.79 Å². The molecule has 0 unspecified atom stereocenters. The molecule has 1 aromatic heterocycles. The predicted octanol–water partition coefficient (Wildman–Crippen LogP) is 2.47. The Balaban J connectivity index is 1.99. The van der Waals surface area contributed by atoms with Crippen LogP contribution >= 0.6 is 0 Å². The van der Waals surface area contributed by atoms with Gasteiger partial charge in [-0.1, -0.05) is 6.07 Å². The number of aromatic nitrogens is 2. The van der Waals surface area contributed by atoms with Crippen molar-refractivity contribution in [3.63, 3.8) is 0 Å². The first-order valence-corrected chi connectivity index (χ1v) is 6.35. The summed E-state index contributed by atoms with van der Waals surface area (Å²) in [5.74, 6) is 0.894. The fraction of sp³-hybridized carbons (Fsp3) is 0.429. The molecule has 0 aliphatic carbocycles. The molecule has 0 aliphatic heterocycles. The monoisotopic (exact) mass is 260 g/mol. The lowest BCUT2D eigenvalue weighted by atomic mass is 10.1. The number of rotatable bonds is 2. The maximum Gasteiger partial charge on any atom is 0.315 e. The van der Waals surface area contributed by atoms with Crippen molar-refractivity contribution in [2.75, 3.05) is 0 Å². The summed E-state index contributed by atoms with van der Waals surface area (Å²) < 4.78 is 0. The summed E-state index contributed by atoms with van der Waals surface area (Å²) in [6.07, 6.45) is 0. The Labute approximate surface area is 112 Å². The molecule has 1 aromatic carbocycles. The van der Waals surface area contributed by atoms with Crippen LogP contribution in [-0.4, -0.2) is 21.5 Å². The van der Waals surface area contributed by atoms with Crippen LogP contribution in [0, 0.1) is 6.92 Å². The third-order valence-electron chi connectivity index (χ3n) is 2.61. The van der Waals surface area contributed by atoms with Crippen molar-refractivity contribution >= 4 is 17.1 Å². The number of H-pyrrole nitrogens is 1. The molecule has 0 bridgehead atoms. The molecular weight excluding hydrogens is 240 g/mol. The zero-order valence-electron chi connectivity index (χ0n) is 11.8. The number of hydrogen-bond acceptors (Lipinski definition) is 2. The van der Waals surface area contributed by atoms with E-state index >= 15 is 0 Å². The van der Waals surface area contributed by atoms with E-state index in [1.807, 2.05) is 45.9 Å². The Morgan fingerprint density at radius 1 is 1.37 bits per heavy atom. The minimum absolute atomic E-state index is 0.159. The summed E-state index contributed by atoms with van der Waals surface area (Å²) in [5, 5.41) is 5.70. The third-order valence-corrected chi connectivity index (χ3v) is 2.61. The lowest BCUT2D eigenvalue weighted by Gasteiger charge is -2.20. The number of fused-ring (bicyclic) bond motifs is 1. The number of carbonyl (C=O) groups is 1. The van der Waals surface area contributed by atoms with Crippen molar-refractivity contribution < 1.29 is 4.79 Å². The molecule has 19 heavy (non-hydrogen) atoms. The highest BCUT2D eigenvalue weighted by Gasteiger charge is 2.13. The van der Waals surface area contributed by atoms with Gasteiger partial charge in [0.25, 0.3) is 0 Å². The van der Waals surface area contributed by atoms with E-state index in [1.165, 1.54) is 0 Å². The fourth-order valence-electron chi connectivity index (χ4n) is 1.86. The largest absolute Gasteiger partial charge is 0.342 e. The normalized spacial score (nSPS) is 11.6. The van der Waals surface area contributed by atoms with Gasteiger partial charge in [-0.25, -0.2) is 9.78 Å². The van der Waals surface area contributed by atoms with Crippen LogP contribution in [-0.2, 0) is 6.54 Å². The van der Waals surface area contributed by atoms with Gasteiger partial charge in [0.2, 0.25) is 0 Å². The van der Waals surface area contributed by atoms with E-state index in [0.717, 1.165) is 22.4 Å². The van der Waals surface area contributed by atoms with Crippen LogP contribution in [0.25, 0.3) is 11.0 Å². The summed E-state index contributed by atoms with van der Waals surface area (Å²) in [4.78, 5) is 19.2. The zero-order chi connectivity index (χ0) is 14.0. The number of imidazole rings is 1. The summed E-state index contributed by atoms with van der Waals surface area (Å²) >= 11 is 0. The second-order valence-corrected chi connectivity index (χ2v) is 5.73. The molecule has 1 heterocycles. The minimum atomic E-state index is -0.228. The van der Waals surface area contributed by atoms with Crippen molar-refractivity contribution in [1.29, 1.82) is 0 Å². The summed E-state index contributed by atoms with van der Waals surface area (Å²) in [6, 6.07) is 5.78. The number of nitrogens with zero attached hydrogens (tertiary/aromatic N) is 1. The van der Waals surface area contributed by atoms with Crippen LogP contribution in [0.15, 0.2) is 18.2 Å². The summed E-state index contributed by atoms with van der Waals surface area (Å²) in [6.45, 7) is 8.27. The number of urea groups is 1. The van der Waals surface area contributed by atoms with Crippen LogP contribution in [0.3, 0.4) is 0 Å². The predicted molar refractivity (Wildman–Crippen MR) is 76.0 cm³/mol. The summed E-state index contributed by atoms with van der Waals surface area (Å²) in [7, 11) is 0. The Bertz CT molecular complexity index is 595. The molecule has 0 saturated carbocycles. The highest BCUT2D eigenvalue weighted by Crippen LogP contribution is 2.13. The average molecular weight is 260 g/mol. The van der Waals surface area contributed by atoms with Crippen molar-refractivity contribution in [1.82, 2.24) is 20.6 Å². The number of amides is 2. The van der Waals surface area contributed by atoms with Gasteiger partial charge in [-0.05, 0) is 45.4 Å². The second-order valence-electron chi connectivity index (χ2n) is 5.73. The van der Waals surface area contributed by atoms with Crippen LogP contribution in [0.2, 0.25) is 0 Å². The maximum absolute atomic E-state index is 11.7. The van der Waals surface area contributed by atoms with E-state index in [1.54, 1.807) is 0 Å². The van der Waals surface area contributed by atoms with E-state index in [0.29, 0.717) is 6.54 Å². The van der Waals surface area contributed by atoms with E-state index in [4.69, 9.17) is 0 Å². The molecule has 102 valence electrons. The number of carbonyl (C=O) groups excluding carboxylic acids is 1. The number of aryl methyl sites for hydroxylation is 1. The molecule has 0 spiro atoms. The number of aromatic amines is 1. The van der Waals surface area contributed by atoms with E-state index in [9.17, 15) is 4.79 Å². The minimum Gasteiger partial charge on any atom is -0.342 e. The number of nitrogens with one attached hydrogen (secondary N) is 3. The van der Waals surface area contributed by atoms with Gasteiger partial charge in [0.15, 0.2) is 0 Å². The molecule has 0 fully saturated rings. The lowest BCUT2D eigenvalue weighted by molar-refractivity contribution is 0.231. The first-order chi connectivity index (χ1) is 8.83. The van der Waals surface area contributed by atoms with Crippen LogP contribution in [0.5, 0.6) is 0 Å². The van der Waals surface area contributed by atoms with Gasteiger partial charge in [0.1, 0.15) is 5.82 Å². The molecule has 0 aliphatic rings.